The third-order valence-corrected chi connectivity index (χ3v) is 5.10. The van der Waals surface area contributed by atoms with Crippen LogP contribution in [-0.2, 0) is 0 Å². The van der Waals surface area contributed by atoms with Crippen molar-refractivity contribution in [1.82, 2.24) is 15.2 Å². The number of piperidine rings is 1. The number of benzene rings is 1. The Morgan fingerprint density at radius 3 is 2.85 bits per heavy atom. The average Bonchev–Trinajstić information content (AvgIpc) is 2.68. The van der Waals surface area contributed by atoms with E-state index in [1.165, 1.54) is 6.42 Å². The largest absolute Gasteiger partial charge is 0.395 e. The summed E-state index contributed by atoms with van der Waals surface area (Å²) in [6, 6.07) is 12.0. The van der Waals surface area contributed by atoms with Crippen molar-refractivity contribution in [3.63, 3.8) is 0 Å². The van der Waals surface area contributed by atoms with E-state index in [4.69, 9.17) is 0 Å². The molecule has 1 fully saturated rings. The van der Waals surface area contributed by atoms with Crippen LogP contribution in [0.4, 0.5) is 0 Å². The lowest BCUT2D eigenvalue weighted by Gasteiger charge is -2.34. The second kappa shape index (κ2) is 8.92. The lowest BCUT2D eigenvalue weighted by Crippen LogP contribution is -2.45. The van der Waals surface area contributed by atoms with Crippen LogP contribution in [0.1, 0.15) is 35.3 Å². The van der Waals surface area contributed by atoms with Gasteiger partial charge in [-0.15, -0.1) is 0 Å². The lowest BCUT2D eigenvalue weighted by atomic mass is 9.99. The number of amides is 1. The molecule has 1 aromatic carbocycles. The zero-order chi connectivity index (χ0) is 18.4. The van der Waals surface area contributed by atoms with E-state index in [0.717, 1.165) is 42.8 Å². The molecule has 2 heterocycles. The quantitative estimate of drug-likeness (QED) is 0.838. The molecular weight excluding hydrogens is 326 g/mol. The number of hydrogen-bond donors (Lipinski definition) is 2. The Labute approximate surface area is 155 Å². The van der Waals surface area contributed by atoms with Crippen molar-refractivity contribution in [3.05, 3.63) is 53.9 Å². The maximum atomic E-state index is 12.8. The number of nitrogens with one attached hydrogen (secondary N) is 1. The molecule has 5 heteroatoms. The number of aryl methyl sites for hydroxylation is 1. The Morgan fingerprint density at radius 2 is 2.08 bits per heavy atom. The summed E-state index contributed by atoms with van der Waals surface area (Å²) in [4.78, 5) is 19.4. The molecule has 1 saturated heterocycles. The summed E-state index contributed by atoms with van der Waals surface area (Å²) in [6.07, 6.45) is 5.10. The highest BCUT2D eigenvalue weighted by molar-refractivity contribution is 6.01. The van der Waals surface area contributed by atoms with Crippen LogP contribution in [0.3, 0.4) is 0 Å². The standard InChI is InChI=1S/C21H27N3O2/c1-16-20(19(10-11-22-16)17-7-3-2-4-8-17)21(26)23-12-14-24-13-6-5-9-18(24)15-25/h2-4,7-8,10-11,18,25H,5-6,9,12-15H2,1H3,(H,23,26). The summed E-state index contributed by atoms with van der Waals surface area (Å²) in [5, 5.41) is 12.5. The van der Waals surface area contributed by atoms with E-state index in [-0.39, 0.29) is 18.6 Å². The maximum absolute atomic E-state index is 12.8. The topological polar surface area (TPSA) is 65.5 Å². The van der Waals surface area contributed by atoms with Gasteiger partial charge in [0.1, 0.15) is 0 Å². The predicted molar refractivity (Wildman–Crippen MR) is 103 cm³/mol. The van der Waals surface area contributed by atoms with Gasteiger partial charge in [-0.05, 0) is 43.5 Å². The molecule has 1 unspecified atom stereocenters. The fraction of sp³-hybridized carbons (Fsp3) is 0.429. The van der Waals surface area contributed by atoms with Crippen LogP contribution >= 0.6 is 0 Å². The van der Waals surface area contributed by atoms with Gasteiger partial charge in [0.15, 0.2) is 0 Å². The molecule has 0 spiro atoms. The second-order valence-corrected chi connectivity index (χ2v) is 6.81. The van der Waals surface area contributed by atoms with Gasteiger partial charge < -0.3 is 10.4 Å². The Kier molecular flexibility index (Phi) is 6.36. The first-order valence-electron chi connectivity index (χ1n) is 9.35. The van der Waals surface area contributed by atoms with E-state index in [1.54, 1.807) is 6.20 Å². The summed E-state index contributed by atoms with van der Waals surface area (Å²) < 4.78 is 0. The molecule has 1 aliphatic rings. The first-order valence-corrected chi connectivity index (χ1v) is 9.35. The molecule has 2 aromatic rings. The average molecular weight is 353 g/mol. The van der Waals surface area contributed by atoms with Crippen molar-refractivity contribution in [3.8, 4) is 11.1 Å². The molecule has 0 aliphatic carbocycles. The summed E-state index contributed by atoms with van der Waals surface area (Å²) in [6.45, 7) is 4.37. The van der Waals surface area contributed by atoms with Gasteiger partial charge in [-0.2, -0.15) is 0 Å². The zero-order valence-corrected chi connectivity index (χ0v) is 15.3. The number of aliphatic hydroxyl groups is 1. The Balaban J connectivity index is 1.68. The van der Waals surface area contributed by atoms with Gasteiger partial charge in [0.25, 0.3) is 5.91 Å². The normalized spacial score (nSPS) is 17.8. The van der Waals surface area contributed by atoms with Gasteiger partial charge >= 0.3 is 0 Å². The van der Waals surface area contributed by atoms with Gasteiger partial charge in [-0.1, -0.05) is 36.8 Å². The van der Waals surface area contributed by atoms with Crippen LogP contribution in [0, 0.1) is 6.92 Å². The Bertz CT molecular complexity index is 733. The van der Waals surface area contributed by atoms with E-state index in [0.29, 0.717) is 12.1 Å². The SMILES string of the molecule is Cc1nccc(-c2ccccc2)c1C(=O)NCCN1CCCCC1CO. The second-order valence-electron chi connectivity index (χ2n) is 6.81. The molecule has 3 rings (SSSR count). The number of likely N-dealkylation sites (tertiary alicyclic amines) is 1. The lowest BCUT2D eigenvalue weighted by molar-refractivity contribution is 0.0849. The highest BCUT2D eigenvalue weighted by atomic mass is 16.3. The first-order chi connectivity index (χ1) is 12.7. The maximum Gasteiger partial charge on any atom is 0.253 e. The number of aromatic nitrogens is 1. The molecule has 138 valence electrons. The zero-order valence-electron chi connectivity index (χ0n) is 15.3. The number of nitrogens with zero attached hydrogens (tertiary/aromatic N) is 2. The van der Waals surface area contributed by atoms with Gasteiger partial charge in [0, 0.05) is 25.3 Å². The van der Waals surface area contributed by atoms with Crippen molar-refractivity contribution in [2.45, 2.75) is 32.2 Å². The molecule has 5 nitrogen and oxygen atoms in total. The van der Waals surface area contributed by atoms with Crippen molar-refractivity contribution in [2.75, 3.05) is 26.2 Å². The minimum absolute atomic E-state index is 0.0907. The third kappa shape index (κ3) is 4.29. The predicted octanol–water partition coefficient (Wildman–Crippen LogP) is 2.63. The molecule has 26 heavy (non-hydrogen) atoms. The molecule has 1 atom stereocenters. The third-order valence-electron chi connectivity index (χ3n) is 5.10. The highest BCUT2D eigenvalue weighted by Gasteiger charge is 2.22. The number of pyridine rings is 1. The minimum atomic E-state index is -0.0907. The number of carbonyl (C=O) groups excluding carboxylic acids is 1. The van der Waals surface area contributed by atoms with E-state index < -0.39 is 0 Å². The van der Waals surface area contributed by atoms with E-state index in [2.05, 4.69) is 15.2 Å². The molecule has 1 amide bonds. The van der Waals surface area contributed by atoms with Crippen molar-refractivity contribution >= 4 is 5.91 Å². The smallest absolute Gasteiger partial charge is 0.253 e. The number of carbonyl (C=O) groups is 1. The van der Waals surface area contributed by atoms with Crippen molar-refractivity contribution < 1.29 is 9.90 Å². The molecule has 2 N–H and O–H groups in total. The number of hydrogen-bond acceptors (Lipinski definition) is 4. The number of rotatable bonds is 6. The van der Waals surface area contributed by atoms with Crippen molar-refractivity contribution in [1.29, 1.82) is 0 Å². The summed E-state index contributed by atoms with van der Waals surface area (Å²) >= 11 is 0. The highest BCUT2D eigenvalue weighted by Crippen LogP contribution is 2.24. The fourth-order valence-corrected chi connectivity index (χ4v) is 3.67. The Hall–Kier alpha value is -2.24. The van der Waals surface area contributed by atoms with E-state index >= 15 is 0 Å². The summed E-state index contributed by atoms with van der Waals surface area (Å²) in [5.41, 5.74) is 3.28. The van der Waals surface area contributed by atoms with Gasteiger partial charge in [-0.25, -0.2) is 0 Å². The fourth-order valence-electron chi connectivity index (χ4n) is 3.67. The van der Waals surface area contributed by atoms with Crippen LogP contribution < -0.4 is 5.32 Å². The first kappa shape index (κ1) is 18.5. The summed E-state index contributed by atoms with van der Waals surface area (Å²) in [5.74, 6) is -0.0907. The van der Waals surface area contributed by atoms with Gasteiger partial charge in [0.2, 0.25) is 0 Å². The molecule has 0 saturated carbocycles. The van der Waals surface area contributed by atoms with E-state index in [9.17, 15) is 9.90 Å². The molecule has 1 aliphatic heterocycles. The van der Waals surface area contributed by atoms with Crippen LogP contribution in [0.2, 0.25) is 0 Å². The van der Waals surface area contributed by atoms with E-state index in [1.807, 2.05) is 43.3 Å². The molecule has 0 radical (unpaired) electrons. The summed E-state index contributed by atoms with van der Waals surface area (Å²) in [7, 11) is 0. The number of aliphatic hydroxyl groups excluding tert-OH is 1. The van der Waals surface area contributed by atoms with Crippen LogP contribution in [0.25, 0.3) is 11.1 Å². The van der Waals surface area contributed by atoms with Crippen LogP contribution in [0.5, 0.6) is 0 Å². The molecule has 0 bridgehead atoms. The Morgan fingerprint density at radius 1 is 1.27 bits per heavy atom. The monoisotopic (exact) mass is 353 g/mol. The molecular formula is C21H27N3O2. The van der Waals surface area contributed by atoms with Crippen molar-refractivity contribution in [2.24, 2.45) is 0 Å². The van der Waals surface area contributed by atoms with Crippen LogP contribution in [0.15, 0.2) is 42.6 Å². The van der Waals surface area contributed by atoms with Gasteiger partial charge in [-0.3, -0.25) is 14.7 Å². The minimum Gasteiger partial charge on any atom is -0.395 e. The molecule has 1 aromatic heterocycles. The van der Waals surface area contributed by atoms with Gasteiger partial charge in [0.05, 0.1) is 17.9 Å². The van der Waals surface area contributed by atoms with Crippen LogP contribution in [-0.4, -0.2) is 53.2 Å².